The van der Waals surface area contributed by atoms with Gasteiger partial charge in [0.15, 0.2) is 6.61 Å². The van der Waals surface area contributed by atoms with E-state index in [-0.39, 0.29) is 24.5 Å². The Morgan fingerprint density at radius 1 is 0.962 bits per heavy atom. The maximum absolute atomic E-state index is 12.8. The molecule has 2 amide bonds. The number of rotatable bonds is 8. The van der Waals surface area contributed by atoms with Crippen LogP contribution in [0, 0.1) is 0 Å². The molecule has 0 saturated heterocycles. The molecule has 0 fully saturated rings. The zero-order valence-corrected chi connectivity index (χ0v) is 15.5. The summed E-state index contributed by atoms with van der Waals surface area (Å²) in [4.78, 5) is 26.7. The number of amides is 2. The van der Waals surface area contributed by atoms with E-state index in [2.05, 4.69) is 5.32 Å². The minimum atomic E-state index is -0.593. The number of nitrogens with zero attached hydrogens (tertiary/aromatic N) is 1. The van der Waals surface area contributed by atoms with Crippen LogP contribution in [0.2, 0.25) is 0 Å². The molecule has 1 N–H and O–H groups in total. The van der Waals surface area contributed by atoms with Gasteiger partial charge in [-0.1, -0.05) is 48.5 Å². The maximum atomic E-state index is 12.8. The first-order chi connectivity index (χ1) is 12.5. The molecular formula is C21H26N2O3. The smallest absolute Gasteiger partial charge is 0.261 e. The van der Waals surface area contributed by atoms with Gasteiger partial charge in [-0.3, -0.25) is 9.59 Å². The standard InChI is InChI=1S/C21H26N2O3/c1-16(2)22-21(25)17(3)23(14-18-10-6-4-7-11-18)20(24)15-26-19-12-8-5-9-13-19/h4-13,16-17H,14-15H2,1-3H3,(H,22,25). The summed E-state index contributed by atoms with van der Waals surface area (Å²) in [6, 6.07) is 18.2. The normalized spacial score (nSPS) is 11.7. The SMILES string of the molecule is CC(C)NC(=O)C(C)N(Cc1ccccc1)C(=O)COc1ccccc1. The molecule has 0 saturated carbocycles. The molecule has 0 bridgehead atoms. The van der Waals surface area contributed by atoms with E-state index in [1.165, 1.54) is 0 Å². The van der Waals surface area contributed by atoms with E-state index in [0.717, 1.165) is 5.56 Å². The molecular weight excluding hydrogens is 328 g/mol. The molecule has 2 aromatic rings. The summed E-state index contributed by atoms with van der Waals surface area (Å²) in [7, 11) is 0. The summed E-state index contributed by atoms with van der Waals surface area (Å²) >= 11 is 0. The van der Waals surface area contributed by atoms with Gasteiger partial charge >= 0.3 is 0 Å². The van der Waals surface area contributed by atoms with Gasteiger partial charge in [-0.05, 0) is 38.5 Å². The Hall–Kier alpha value is -2.82. The van der Waals surface area contributed by atoms with E-state index < -0.39 is 6.04 Å². The second kappa shape index (κ2) is 9.61. The van der Waals surface area contributed by atoms with E-state index in [0.29, 0.717) is 12.3 Å². The van der Waals surface area contributed by atoms with Gasteiger partial charge in [-0.15, -0.1) is 0 Å². The third-order valence-corrected chi connectivity index (χ3v) is 3.90. The Morgan fingerprint density at radius 3 is 2.12 bits per heavy atom. The highest BCUT2D eigenvalue weighted by Gasteiger charge is 2.26. The minimum absolute atomic E-state index is 0.0131. The summed E-state index contributed by atoms with van der Waals surface area (Å²) in [5, 5.41) is 2.86. The average Bonchev–Trinajstić information content (AvgIpc) is 2.64. The van der Waals surface area contributed by atoms with Crippen molar-refractivity contribution in [2.75, 3.05) is 6.61 Å². The Labute approximate surface area is 155 Å². The van der Waals surface area contributed by atoms with Crippen LogP contribution in [0.3, 0.4) is 0 Å². The van der Waals surface area contributed by atoms with Crippen molar-refractivity contribution in [3.05, 3.63) is 66.2 Å². The van der Waals surface area contributed by atoms with E-state index in [9.17, 15) is 9.59 Å². The summed E-state index contributed by atoms with van der Waals surface area (Å²) in [6.07, 6.45) is 0. The highest BCUT2D eigenvalue weighted by molar-refractivity contribution is 5.88. The van der Waals surface area contributed by atoms with Crippen LogP contribution >= 0.6 is 0 Å². The second-order valence-corrected chi connectivity index (χ2v) is 6.45. The Morgan fingerprint density at radius 2 is 1.54 bits per heavy atom. The van der Waals surface area contributed by atoms with Gasteiger partial charge < -0.3 is 15.0 Å². The number of nitrogens with one attached hydrogen (secondary N) is 1. The van der Waals surface area contributed by atoms with Crippen molar-refractivity contribution in [2.24, 2.45) is 0 Å². The average molecular weight is 354 g/mol. The third-order valence-electron chi connectivity index (χ3n) is 3.90. The van der Waals surface area contributed by atoms with E-state index >= 15 is 0 Å². The van der Waals surface area contributed by atoms with Gasteiger partial charge in [0.25, 0.3) is 5.91 Å². The molecule has 0 aromatic heterocycles. The van der Waals surface area contributed by atoms with Crippen LogP contribution in [-0.2, 0) is 16.1 Å². The first-order valence-electron chi connectivity index (χ1n) is 8.79. The van der Waals surface area contributed by atoms with Gasteiger partial charge in [0.05, 0.1) is 0 Å². The fourth-order valence-corrected chi connectivity index (χ4v) is 2.51. The number of para-hydroxylation sites is 1. The van der Waals surface area contributed by atoms with Gasteiger partial charge in [-0.25, -0.2) is 0 Å². The fraction of sp³-hybridized carbons (Fsp3) is 0.333. The lowest BCUT2D eigenvalue weighted by Crippen LogP contribution is -2.50. The van der Waals surface area contributed by atoms with Gasteiger partial charge in [0, 0.05) is 12.6 Å². The molecule has 0 spiro atoms. The van der Waals surface area contributed by atoms with Gasteiger partial charge in [0.1, 0.15) is 11.8 Å². The maximum Gasteiger partial charge on any atom is 0.261 e. The van der Waals surface area contributed by atoms with E-state index in [1.54, 1.807) is 24.0 Å². The number of carbonyl (C=O) groups excluding carboxylic acids is 2. The lowest BCUT2D eigenvalue weighted by atomic mass is 10.1. The van der Waals surface area contributed by atoms with Crippen LogP contribution in [0.15, 0.2) is 60.7 Å². The first kappa shape index (κ1) is 19.5. The summed E-state index contributed by atoms with van der Waals surface area (Å²) in [6.45, 7) is 5.76. The topological polar surface area (TPSA) is 58.6 Å². The van der Waals surface area contributed by atoms with E-state index in [1.807, 2.05) is 62.4 Å². The van der Waals surface area contributed by atoms with Crippen molar-refractivity contribution in [1.82, 2.24) is 10.2 Å². The Kier molecular flexibility index (Phi) is 7.21. The third kappa shape index (κ3) is 5.92. The van der Waals surface area contributed by atoms with Crippen molar-refractivity contribution >= 4 is 11.8 Å². The zero-order chi connectivity index (χ0) is 18.9. The zero-order valence-electron chi connectivity index (χ0n) is 15.5. The van der Waals surface area contributed by atoms with Crippen molar-refractivity contribution < 1.29 is 14.3 Å². The molecule has 5 heteroatoms. The number of ether oxygens (including phenoxy) is 1. The summed E-state index contributed by atoms with van der Waals surface area (Å²) in [5.74, 6) is 0.216. The van der Waals surface area contributed by atoms with Crippen molar-refractivity contribution in [1.29, 1.82) is 0 Å². The predicted octanol–water partition coefficient (Wildman–Crippen LogP) is 3.01. The number of benzene rings is 2. The molecule has 2 rings (SSSR count). The predicted molar refractivity (Wildman–Crippen MR) is 102 cm³/mol. The lowest BCUT2D eigenvalue weighted by molar-refractivity contribution is -0.142. The highest BCUT2D eigenvalue weighted by Crippen LogP contribution is 2.12. The van der Waals surface area contributed by atoms with Crippen LogP contribution in [0.5, 0.6) is 5.75 Å². The Balaban J connectivity index is 2.10. The molecule has 0 radical (unpaired) electrons. The van der Waals surface area contributed by atoms with E-state index in [4.69, 9.17) is 4.74 Å². The van der Waals surface area contributed by atoms with Crippen molar-refractivity contribution in [3.63, 3.8) is 0 Å². The molecule has 0 aliphatic heterocycles. The number of hydrogen-bond acceptors (Lipinski definition) is 3. The van der Waals surface area contributed by atoms with Gasteiger partial charge in [-0.2, -0.15) is 0 Å². The van der Waals surface area contributed by atoms with Crippen LogP contribution in [0.25, 0.3) is 0 Å². The minimum Gasteiger partial charge on any atom is -0.484 e. The molecule has 0 heterocycles. The van der Waals surface area contributed by atoms with Gasteiger partial charge in [0.2, 0.25) is 5.91 Å². The largest absolute Gasteiger partial charge is 0.484 e. The molecule has 0 aliphatic carbocycles. The lowest BCUT2D eigenvalue weighted by Gasteiger charge is -2.29. The number of carbonyl (C=O) groups is 2. The molecule has 1 atom stereocenters. The fourth-order valence-electron chi connectivity index (χ4n) is 2.51. The monoisotopic (exact) mass is 354 g/mol. The summed E-state index contributed by atoms with van der Waals surface area (Å²) in [5.41, 5.74) is 0.963. The van der Waals surface area contributed by atoms with Crippen molar-refractivity contribution in [2.45, 2.75) is 39.4 Å². The van der Waals surface area contributed by atoms with Crippen LogP contribution in [0.4, 0.5) is 0 Å². The highest BCUT2D eigenvalue weighted by atomic mass is 16.5. The first-order valence-corrected chi connectivity index (χ1v) is 8.79. The summed E-state index contributed by atoms with van der Waals surface area (Å²) < 4.78 is 5.57. The quantitative estimate of drug-likeness (QED) is 0.793. The molecule has 2 aromatic carbocycles. The molecule has 26 heavy (non-hydrogen) atoms. The molecule has 1 unspecified atom stereocenters. The molecule has 138 valence electrons. The molecule has 0 aliphatic rings. The van der Waals surface area contributed by atoms with Crippen LogP contribution in [-0.4, -0.2) is 35.4 Å². The Bertz CT molecular complexity index is 702. The number of hydrogen-bond donors (Lipinski definition) is 1. The second-order valence-electron chi connectivity index (χ2n) is 6.45. The van der Waals surface area contributed by atoms with Crippen LogP contribution in [0.1, 0.15) is 26.3 Å². The van der Waals surface area contributed by atoms with Crippen molar-refractivity contribution in [3.8, 4) is 5.75 Å². The van der Waals surface area contributed by atoms with Crippen LogP contribution < -0.4 is 10.1 Å². The molecule has 5 nitrogen and oxygen atoms in total.